The minimum Gasteiger partial charge on any atom is -0.313 e. The van der Waals surface area contributed by atoms with Gasteiger partial charge >= 0.3 is 0 Å². The summed E-state index contributed by atoms with van der Waals surface area (Å²) in [5, 5.41) is 4.28. The SMILES string of the molecule is CNC(c1ccc(Cl)cc1Br)C1CCC(C)CC1. The number of rotatable bonds is 3. The third-order valence-corrected chi connectivity index (χ3v) is 5.06. The molecule has 3 heteroatoms. The molecule has 18 heavy (non-hydrogen) atoms. The summed E-state index contributed by atoms with van der Waals surface area (Å²) in [6, 6.07) is 6.56. The molecule has 1 atom stereocenters. The second-order valence-electron chi connectivity index (χ2n) is 5.45. The van der Waals surface area contributed by atoms with E-state index in [4.69, 9.17) is 11.6 Å². The van der Waals surface area contributed by atoms with Crippen molar-refractivity contribution in [1.82, 2.24) is 5.32 Å². The van der Waals surface area contributed by atoms with Crippen LogP contribution in [0.2, 0.25) is 5.02 Å². The molecule has 1 saturated carbocycles. The van der Waals surface area contributed by atoms with E-state index in [0.29, 0.717) is 6.04 Å². The Morgan fingerprint density at radius 1 is 1.28 bits per heavy atom. The standard InChI is InChI=1S/C15H21BrClN/c1-10-3-5-11(6-4-10)15(18-2)13-8-7-12(17)9-14(13)16/h7-11,15,18H,3-6H2,1-2H3. The molecule has 1 nitrogen and oxygen atoms in total. The fraction of sp³-hybridized carbons (Fsp3) is 0.600. The quantitative estimate of drug-likeness (QED) is 0.804. The molecule has 0 aromatic heterocycles. The van der Waals surface area contributed by atoms with Crippen molar-refractivity contribution in [3.8, 4) is 0 Å². The van der Waals surface area contributed by atoms with Crippen molar-refractivity contribution in [2.75, 3.05) is 7.05 Å². The minimum absolute atomic E-state index is 0.434. The van der Waals surface area contributed by atoms with Gasteiger partial charge in [0.15, 0.2) is 0 Å². The number of halogens is 2. The summed E-state index contributed by atoms with van der Waals surface area (Å²) < 4.78 is 1.12. The highest BCUT2D eigenvalue weighted by molar-refractivity contribution is 9.10. The van der Waals surface area contributed by atoms with Crippen molar-refractivity contribution in [2.45, 2.75) is 38.6 Å². The molecule has 1 N–H and O–H groups in total. The van der Waals surface area contributed by atoms with Crippen molar-refractivity contribution in [3.05, 3.63) is 33.3 Å². The van der Waals surface area contributed by atoms with E-state index in [0.717, 1.165) is 21.3 Å². The van der Waals surface area contributed by atoms with Gasteiger partial charge in [-0.1, -0.05) is 53.4 Å². The lowest BCUT2D eigenvalue weighted by molar-refractivity contribution is 0.237. The molecule has 1 unspecified atom stereocenters. The zero-order chi connectivity index (χ0) is 13.1. The van der Waals surface area contributed by atoms with Gasteiger partial charge in [-0.15, -0.1) is 0 Å². The van der Waals surface area contributed by atoms with Crippen LogP contribution in [-0.2, 0) is 0 Å². The maximum atomic E-state index is 6.02. The van der Waals surface area contributed by atoms with E-state index in [1.807, 2.05) is 12.1 Å². The molecule has 1 aromatic rings. The van der Waals surface area contributed by atoms with Crippen molar-refractivity contribution in [2.24, 2.45) is 11.8 Å². The van der Waals surface area contributed by atoms with Crippen LogP contribution in [0.1, 0.15) is 44.2 Å². The summed E-state index contributed by atoms with van der Waals surface area (Å²) in [5.41, 5.74) is 1.33. The Bertz CT molecular complexity index is 399. The average molecular weight is 331 g/mol. The summed E-state index contributed by atoms with van der Waals surface area (Å²) in [5.74, 6) is 1.64. The Morgan fingerprint density at radius 2 is 1.94 bits per heavy atom. The van der Waals surface area contributed by atoms with Crippen LogP contribution >= 0.6 is 27.5 Å². The molecule has 1 aliphatic rings. The van der Waals surface area contributed by atoms with Crippen LogP contribution in [0.4, 0.5) is 0 Å². The van der Waals surface area contributed by atoms with Gasteiger partial charge < -0.3 is 5.32 Å². The topological polar surface area (TPSA) is 12.0 Å². The maximum absolute atomic E-state index is 6.02. The van der Waals surface area contributed by atoms with E-state index in [1.165, 1.54) is 31.2 Å². The second kappa shape index (κ2) is 6.40. The molecule has 0 bridgehead atoms. The van der Waals surface area contributed by atoms with E-state index in [9.17, 15) is 0 Å². The monoisotopic (exact) mass is 329 g/mol. The van der Waals surface area contributed by atoms with E-state index in [-0.39, 0.29) is 0 Å². The lowest BCUT2D eigenvalue weighted by Gasteiger charge is -2.33. The summed E-state index contributed by atoms with van der Waals surface area (Å²) in [6.07, 6.45) is 5.35. The maximum Gasteiger partial charge on any atom is 0.0417 e. The summed E-state index contributed by atoms with van der Waals surface area (Å²) in [4.78, 5) is 0. The first-order valence-corrected chi connectivity index (χ1v) is 7.91. The Kier molecular flexibility index (Phi) is 5.11. The molecule has 0 spiro atoms. The third kappa shape index (κ3) is 3.28. The fourth-order valence-electron chi connectivity index (χ4n) is 3.02. The predicted octanol–water partition coefficient (Wildman–Crippen LogP) is 5.19. The van der Waals surface area contributed by atoms with Crippen molar-refractivity contribution in [1.29, 1.82) is 0 Å². The van der Waals surface area contributed by atoms with Gasteiger partial charge in [0.2, 0.25) is 0 Å². The van der Waals surface area contributed by atoms with Gasteiger partial charge in [-0.3, -0.25) is 0 Å². The molecule has 0 heterocycles. The van der Waals surface area contributed by atoms with Gasteiger partial charge in [0.25, 0.3) is 0 Å². The molecule has 1 fully saturated rings. The number of hydrogen-bond acceptors (Lipinski definition) is 1. The molecule has 0 saturated heterocycles. The van der Waals surface area contributed by atoms with E-state index >= 15 is 0 Å². The Balaban J connectivity index is 2.17. The molecule has 0 aliphatic heterocycles. The van der Waals surface area contributed by atoms with Crippen LogP contribution in [0.5, 0.6) is 0 Å². The first kappa shape index (κ1) is 14.4. The fourth-order valence-corrected chi connectivity index (χ4v) is 3.95. The summed E-state index contributed by atoms with van der Waals surface area (Å²) in [7, 11) is 2.06. The van der Waals surface area contributed by atoms with E-state index in [1.54, 1.807) is 0 Å². The third-order valence-electron chi connectivity index (χ3n) is 4.14. The van der Waals surface area contributed by atoms with Crippen LogP contribution in [0.15, 0.2) is 22.7 Å². The predicted molar refractivity (Wildman–Crippen MR) is 82.1 cm³/mol. The highest BCUT2D eigenvalue weighted by Gasteiger charge is 2.27. The molecule has 2 rings (SSSR count). The Labute approximate surface area is 123 Å². The van der Waals surface area contributed by atoms with Gasteiger partial charge in [-0.05, 0) is 49.4 Å². The van der Waals surface area contributed by atoms with Gasteiger partial charge in [-0.2, -0.15) is 0 Å². The zero-order valence-electron chi connectivity index (χ0n) is 11.0. The van der Waals surface area contributed by atoms with Crippen LogP contribution in [0, 0.1) is 11.8 Å². The first-order chi connectivity index (χ1) is 8.61. The number of benzene rings is 1. The first-order valence-electron chi connectivity index (χ1n) is 6.74. The highest BCUT2D eigenvalue weighted by Crippen LogP contribution is 2.39. The Hall–Kier alpha value is -0.0500. The second-order valence-corrected chi connectivity index (χ2v) is 6.74. The lowest BCUT2D eigenvalue weighted by Crippen LogP contribution is -2.28. The molecule has 0 amide bonds. The van der Waals surface area contributed by atoms with E-state index in [2.05, 4.69) is 41.3 Å². The van der Waals surface area contributed by atoms with Gasteiger partial charge in [0.05, 0.1) is 0 Å². The van der Waals surface area contributed by atoms with Crippen molar-refractivity contribution >= 4 is 27.5 Å². The normalized spacial score (nSPS) is 26.0. The van der Waals surface area contributed by atoms with Crippen LogP contribution in [0.25, 0.3) is 0 Å². The molecular formula is C15H21BrClN. The van der Waals surface area contributed by atoms with Crippen LogP contribution in [-0.4, -0.2) is 7.05 Å². The lowest BCUT2D eigenvalue weighted by atomic mass is 9.77. The smallest absolute Gasteiger partial charge is 0.0417 e. The Morgan fingerprint density at radius 3 is 2.50 bits per heavy atom. The van der Waals surface area contributed by atoms with Crippen LogP contribution in [0.3, 0.4) is 0 Å². The molecule has 1 aromatic carbocycles. The van der Waals surface area contributed by atoms with Gasteiger partial charge in [0, 0.05) is 15.5 Å². The number of hydrogen-bond donors (Lipinski definition) is 1. The summed E-state index contributed by atoms with van der Waals surface area (Å²) in [6.45, 7) is 2.36. The average Bonchev–Trinajstić information content (AvgIpc) is 2.35. The molecule has 0 radical (unpaired) electrons. The minimum atomic E-state index is 0.434. The highest BCUT2D eigenvalue weighted by atomic mass is 79.9. The molecular weight excluding hydrogens is 310 g/mol. The van der Waals surface area contributed by atoms with E-state index < -0.39 is 0 Å². The molecule has 100 valence electrons. The number of nitrogens with one attached hydrogen (secondary N) is 1. The van der Waals surface area contributed by atoms with Crippen molar-refractivity contribution < 1.29 is 0 Å². The summed E-state index contributed by atoms with van der Waals surface area (Å²) >= 11 is 9.66. The molecule has 1 aliphatic carbocycles. The van der Waals surface area contributed by atoms with Gasteiger partial charge in [0.1, 0.15) is 0 Å². The van der Waals surface area contributed by atoms with Crippen LogP contribution < -0.4 is 5.32 Å². The van der Waals surface area contributed by atoms with Gasteiger partial charge in [-0.25, -0.2) is 0 Å². The zero-order valence-corrected chi connectivity index (χ0v) is 13.4. The van der Waals surface area contributed by atoms with Crippen molar-refractivity contribution in [3.63, 3.8) is 0 Å². The largest absolute Gasteiger partial charge is 0.313 e.